The summed E-state index contributed by atoms with van der Waals surface area (Å²) in [5.41, 5.74) is 1.87. The molecule has 0 atom stereocenters. The predicted molar refractivity (Wildman–Crippen MR) is 73.2 cm³/mol. The van der Waals surface area contributed by atoms with Crippen LogP contribution in [0, 0.1) is 10.1 Å². The Morgan fingerprint density at radius 1 is 1.53 bits per heavy atom. The van der Waals surface area contributed by atoms with Crippen molar-refractivity contribution in [2.24, 2.45) is 0 Å². The first-order valence-corrected chi connectivity index (χ1v) is 6.68. The van der Waals surface area contributed by atoms with E-state index < -0.39 is 4.92 Å². The van der Waals surface area contributed by atoms with Gasteiger partial charge in [-0.25, -0.2) is 4.98 Å². The number of rotatable bonds is 6. The van der Waals surface area contributed by atoms with E-state index in [1.165, 1.54) is 24.2 Å². The zero-order valence-electron chi connectivity index (χ0n) is 10.3. The van der Waals surface area contributed by atoms with Crippen molar-refractivity contribution in [3.8, 4) is 0 Å². The molecule has 0 saturated carbocycles. The monoisotopic (exact) mass is 279 g/mol. The molecular weight excluding hydrogens is 266 g/mol. The Morgan fingerprint density at radius 2 is 2.37 bits per heavy atom. The van der Waals surface area contributed by atoms with Crippen molar-refractivity contribution >= 4 is 23.1 Å². The van der Waals surface area contributed by atoms with Crippen LogP contribution in [0.4, 0.5) is 11.4 Å². The summed E-state index contributed by atoms with van der Waals surface area (Å²) in [6.45, 7) is 2.74. The molecule has 1 aromatic carbocycles. The van der Waals surface area contributed by atoms with Crippen LogP contribution in [-0.4, -0.2) is 26.6 Å². The molecule has 2 N–H and O–H groups in total. The van der Waals surface area contributed by atoms with Crippen LogP contribution in [0.15, 0.2) is 29.7 Å². The Hall–Kier alpha value is -2.09. The number of anilines is 1. The molecule has 0 unspecified atom stereocenters. The maximum absolute atomic E-state index is 10.8. The summed E-state index contributed by atoms with van der Waals surface area (Å²) >= 11 is 1.45. The molecule has 19 heavy (non-hydrogen) atoms. The Balaban J connectivity index is 2.19. The molecule has 0 radical (unpaired) electrons. The number of non-ortho nitro benzene ring substituents is 1. The maximum Gasteiger partial charge on any atom is 0.269 e. The lowest BCUT2D eigenvalue weighted by molar-refractivity contribution is -0.384. The van der Waals surface area contributed by atoms with Gasteiger partial charge >= 0.3 is 0 Å². The zero-order chi connectivity index (χ0) is 13.7. The van der Waals surface area contributed by atoms with E-state index in [1.807, 2.05) is 6.92 Å². The van der Waals surface area contributed by atoms with Gasteiger partial charge in [-0.3, -0.25) is 15.2 Å². The SMILES string of the molecule is CCNc1ccc([N+](=O)[O-])cc1CSc1ncn[nH]1. The molecule has 0 aliphatic heterocycles. The van der Waals surface area contributed by atoms with Crippen molar-refractivity contribution in [2.75, 3.05) is 11.9 Å². The second-order valence-electron chi connectivity index (χ2n) is 3.71. The van der Waals surface area contributed by atoms with Gasteiger partial charge in [0.1, 0.15) is 6.33 Å². The molecule has 8 heteroatoms. The van der Waals surface area contributed by atoms with Crippen LogP contribution < -0.4 is 5.32 Å². The molecule has 2 aromatic rings. The van der Waals surface area contributed by atoms with E-state index in [0.29, 0.717) is 10.9 Å². The molecule has 1 heterocycles. The smallest absolute Gasteiger partial charge is 0.269 e. The fourth-order valence-electron chi connectivity index (χ4n) is 1.59. The number of H-pyrrole nitrogens is 1. The third-order valence-electron chi connectivity index (χ3n) is 2.42. The summed E-state index contributed by atoms with van der Waals surface area (Å²) in [5, 5.41) is 21.2. The Morgan fingerprint density at radius 3 is 3.00 bits per heavy atom. The minimum Gasteiger partial charge on any atom is -0.385 e. The number of hydrogen-bond donors (Lipinski definition) is 2. The molecular formula is C11H13N5O2S. The van der Waals surface area contributed by atoms with E-state index >= 15 is 0 Å². The van der Waals surface area contributed by atoms with Crippen molar-refractivity contribution in [3.63, 3.8) is 0 Å². The summed E-state index contributed by atoms with van der Waals surface area (Å²) in [5.74, 6) is 0.583. The molecule has 0 spiro atoms. The average Bonchev–Trinajstić information content (AvgIpc) is 2.90. The van der Waals surface area contributed by atoms with Gasteiger partial charge in [0, 0.05) is 30.1 Å². The van der Waals surface area contributed by atoms with Crippen LogP contribution in [0.1, 0.15) is 12.5 Å². The van der Waals surface area contributed by atoms with E-state index in [0.717, 1.165) is 17.8 Å². The Kier molecular flexibility index (Phi) is 4.35. The predicted octanol–water partition coefficient (Wildman–Crippen LogP) is 2.44. The lowest BCUT2D eigenvalue weighted by Gasteiger charge is -2.09. The highest BCUT2D eigenvalue weighted by Gasteiger charge is 2.11. The molecule has 2 rings (SSSR count). The van der Waals surface area contributed by atoms with Gasteiger partial charge in [-0.1, -0.05) is 11.8 Å². The number of nitrogens with zero attached hydrogens (tertiary/aromatic N) is 3. The van der Waals surface area contributed by atoms with Gasteiger partial charge in [-0.05, 0) is 18.6 Å². The second kappa shape index (κ2) is 6.19. The van der Waals surface area contributed by atoms with Crippen LogP contribution >= 0.6 is 11.8 Å². The normalized spacial score (nSPS) is 10.4. The van der Waals surface area contributed by atoms with E-state index in [1.54, 1.807) is 12.1 Å². The summed E-state index contributed by atoms with van der Waals surface area (Å²) in [4.78, 5) is 14.4. The molecule has 0 bridgehead atoms. The number of aromatic amines is 1. The lowest BCUT2D eigenvalue weighted by atomic mass is 10.2. The molecule has 7 nitrogen and oxygen atoms in total. The zero-order valence-corrected chi connectivity index (χ0v) is 11.1. The van der Waals surface area contributed by atoms with E-state index in [4.69, 9.17) is 0 Å². The molecule has 0 aliphatic carbocycles. The largest absolute Gasteiger partial charge is 0.385 e. The molecule has 0 aliphatic rings. The number of benzene rings is 1. The number of hydrogen-bond acceptors (Lipinski definition) is 6. The van der Waals surface area contributed by atoms with Crippen LogP contribution in [0.25, 0.3) is 0 Å². The fraction of sp³-hybridized carbons (Fsp3) is 0.273. The number of nitro groups is 1. The number of nitro benzene ring substituents is 1. The highest BCUT2D eigenvalue weighted by atomic mass is 32.2. The topological polar surface area (TPSA) is 96.7 Å². The van der Waals surface area contributed by atoms with Gasteiger partial charge in [0.2, 0.25) is 0 Å². The average molecular weight is 279 g/mol. The Labute approximate surface area is 114 Å². The first-order chi connectivity index (χ1) is 9.20. The van der Waals surface area contributed by atoms with Gasteiger partial charge in [0.25, 0.3) is 5.69 Å². The van der Waals surface area contributed by atoms with Crippen LogP contribution in [-0.2, 0) is 5.75 Å². The highest BCUT2D eigenvalue weighted by molar-refractivity contribution is 7.98. The molecule has 100 valence electrons. The first kappa shape index (κ1) is 13.3. The van der Waals surface area contributed by atoms with Gasteiger partial charge < -0.3 is 5.32 Å². The minimum absolute atomic E-state index is 0.0924. The van der Waals surface area contributed by atoms with E-state index in [2.05, 4.69) is 20.5 Å². The van der Waals surface area contributed by atoms with Gasteiger partial charge in [-0.15, -0.1) is 0 Å². The lowest BCUT2D eigenvalue weighted by Crippen LogP contribution is -2.01. The van der Waals surface area contributed by atoms with E-state index in [-0.39, 0.29) is 5.69 Å². The van der Waals surface area contributed by atoms with Crippen molar-refractivity contribution in [3.05, 3.63) is 40.2 Å². The van der Waals surface area contributed by atoms with Crippen molar-refractivity contribution in [2.45, 2.75) is 17.8 Å². The summed E-state index contributed by atoms with van der Waals surface area (Å²) in [7, 11) is 0. The number of nitrogens with one attached hydrogen (secondary N) is 2. The van der Waals surface area contributed by atoms with Crippen LogP contribution in [0.2, 0.25) is 0 Å². The highest BCUT2D eigenvalue weighted by Crippen LogP contribution is 2.27. The van der Waals surface area contributed by atoms with Gasteiger partial charge in [0.15, 0.2) is 5.16 Å². The van der Waals surface area contributed by atoms with Crippen LogP contribution in [0.3, 0.4) is 0 Å². The molecule has 0 saturated heterocycles. The maximum atomic E-state index is 10.8. The van der Waals surface area contributed by atoms with Crippen molar-refractivity contribution in [1.82, 2.24) is 15.2 Å². The summed E-state index contributed by atoms with van der Waals surface area (Å²) in [6.07, 6.45) is 1.43. The number of thioether (sulfide) groups is 1. The van der Waals surface area contributed by atoms with E-state index in [9.17, 15) is 10.1 Å². The molecule has 0 amide bonds. The van der Waals surface area contributed by atoms with Crippen molar-refractivity contribution in [1.29, 1.82) is 0 Å². The van der Waals surface area contributed by atoms with Crippen molar-refractivity contribution < 1.29 is 4.92 Å². The minimum atomic E-state index is -0.391. The summed E-state index contributed by atoms with van der Waals surface area (Å²) in [6, 6.07) is 4.82. The third-order valence-corrected chi connectivity index (χ3v) is 3.35. The first-order valence-electron chi connectivity index (χ1n) is 5.70. The second-order valence-corrected chi connectivity index (χ2v) is 4.67. The molecule has 0 fully saturated rings. The van der Waals surface area contributed by atoms with Gasteiger partial charge in [-0.2, -0.15) is 5.10 Å². The third kappa shape index (κ3) is 3.44. The summed E-state index contributed by atoms with van der Waals surface area (Å²) < 4.78 is 0. The van der Waals surface area contributed by atoms with Gasteiger partial charge in [0.05, 0.1) is 4.92 Å². The fourth-order valence-corrected chi connectivity index (χ4v) is 2.36. The van der Waals surface area contributed by atoms with Crippen LogP contribution in [0.5, 0.6) is 0 Å². The Bertz CT molecular complexity index is 558. The quantitative estimate of drug-likeness (QED) is 0.479. The molecule has 1 aromatic heterocycles. The standard InChI is InChI=1S/C11H13N5O2S/c1-2-12-10-4-3-9(16(17)18)5-8(10)6-19-11-13-7-14-15-11/h3-5,7,12H,2,6H2,1H3,(H,13,14,15). The number of aromatic nitrogens is 3.